The Balaban J connectivity index is 2.99. The van der Waals surface area contributed by atoms with Gasteiger partial charge in [-0.25, -0.2) is 13.6 Å². The summed E-state index contributed by atoms with van der Waals surface area (Å²) < 4.78 is 22.7. The SMILES string of the molecule is NS(=O)(=O)c1c(Cl)ccc2ccccc12. The van der Waals surface area contributed by atoms with Crippen molar-refractivity contribution in [3.05, 3.63) is 41.4 Å². The Morgan fingerprint density at radius 1 is 1.07 bits per heavy atom. The first kappa shape index (κ1) is 10.4. The molecule has 0 atom stereocenters. The molecule has 3 nitrogen and oxygen atoms in total. The van der Waals surface area contributed by atoms with Crippen LogP contribution in [0, 0.1) is 0 Å². The summed E-state index contributed by atoms with van der Waals surface area (Å²) in [5.74, 6) is 0. The van der Waals surface area contributed by atoms with Crippen molar-refractivity contribution in [2.24, 2.45) is 5.14 Å². The largest absolute Gasteiger partial charge is 0.240 e. The van der Waals surface area contributed by atoms with Gasteiger partial charge in [-0.2, -0.15) is 0 Å². The minimum absolute atomic E-state index is 0.0118. The van der Waals surface area contributed by atoms with Crippen molar-refractivity contribution in [3.8, 4) is 0 Å². The molecule has 0 aromatic heterocycles. The zero-order chi connectivity index (χ0) is 11.1. The fraction of sp³-hybridized carbons (Fsp3) is 0. The molecule has 0 aliphatic carbocycles. The van der Waals surface area contributed by atoms with Crippen LogP contribution < -0.4 is 5.14 Å². The highest BCUT2D eigenvalue weighted by Gasteiger charge is 2.16. The molecule has 5 heteroatoms. The van der Waals surface area contributed by atoms with E-state index in [-0.39, 0.29) is 9.92 Å². The number of fused-ring (bicyclic) bond motifs is 1. The van der Waals surface area contributed by atoms with Crippen molar-refractivity contribution < 1.29 is 8.42 Å². The van der Waals surface area contributed by atoms with Crippen LogP contribution in [0.1, 0.15) is 0 Å². The Morgan fingerprint density at radius 3 is 2.40 bits per heavy atom. The second-order valence-corrected chi connectivity index (χ2v) is 5.05. The molecule has 2 rings (SSSR count). The van der Waals surface area contributed by atoms with Gasteiger partial charge in [0.2, 0.25) is 10.0 Å². The number of hydrogen-bond acceptors (Lipinski definition) is 2. The Bertz CT molecular complexity index is 622. The zero-order valence-corrected chi connectivity index (χ0v) is 9.22. The molecule has 0 saturated carbocycles. The third-order valence-corrected chi connectivity index (χ3v) is 3.55. The monoisotopic (exact) mass is 241 g/mol. The predicted molar refractivity (Wildman–Crippen MR) is 60.3 cm³/mol. The maximum atomic E-state index is 11.4. The summed E-state index contributed by atoms with van der Waals surface area (Å²) in [5, 5.41) is 6.61. The van der Waals surface area contributed by atoms with Crippen molar-refractivity contribution in [3.63, 3.8) is 0 Å². The molecule has 0 bridgehead atoms. The van der Waals surface area contributed by atoms with Crippen LogP contribution >= 0.6 is 11.6 Å². The molecule has 0 radical (unpaired) electrons. The second kappa shape index (κ2) is 3.48. The molecular formula is C10H8ClNO2S. The van der Waals surface area contributed by atoms with Gasteiger partial charge < -0.3 is 0 Å². The minimum atomic E-state index is -3.79. The summed E-state index contributed by atoms with van der Waals surface area (Å²) >= 11 is 5.83. The van der Waals surface area contributed by atoms with Gasteiger partial charge in [0, 0.05) is 5.39 Å². The molecule has 2 aromatic carbocycles. The molecule has 0 unspecified atom stereocenters. The van der Waals surface area contributed by atoms with Crippen LogP contribution in [0.5, 0.6) is 0 Å². The fourth-order valence-electron chi connectivity index (χ4n) is 1.51. The lowest BCUT2D eigenvalue weighted by Crippen LogP contribution is -2.13. The van der Waals surface area contributed by atoms with Crippen LogP contribution in [0.25, 0.3) is 10.8 Å². The van der Waals surface area contributed by atoms with E-state index in [1.54, 1.807) is 24.3 Å². The van der Waals surface area contributed by atoms with Crippen molar-refractivity contribution in [2.75, 3.05) is 0 Å². The molecule has 2 aromatic rings. The van der Waals surface area contributed by atoms with Gasteiger partial charge in [0.25, 0.3) is 0 Å². The van der Waals surface area contributed by atoms with E-state index in [9.17, 15) is 8.42 Å². The molecule has 0 aliphatic rings. The standard InChI is InChI=1S/C10H8ClNO2S/c11-9-6-5-7-3-1-2-4-8(7)10(9)15(12,13)14/h1-6H,(H2,12,13,14). The molecule has 78 valence electrons. The van der Waals surface area contributed by atoms with Gasteiger partial charge in [0.05, 0.1) is 5.02 Å². The maximum Gasteiger partial charge on any atom is 0.240 e. The number of hydrogen-bond donors (Lipinski definition) is 1. The first-order valence-corrected chi connectivity index (χ1v) is 6.12. The number of primary sulfonamides is 1. The van der Waals surface area contributed by atoms with Gasteiger partial charge >= 0.3 is 0 Å². The van der Waals surface area contributed by atoms with Crippen molar-refractivity contribution in [1.29, 1.82) is 0 Å². The first-order valence-electron chi connectivity index (χ1n) is 4.20. The quantitative estimate of drug-likeness (QED) is 0.832. The summed E-state index contributed by atoms with van der Waals surface area (Å²) in [4.78, 5) is -0.0118. The van der Waals surface area contributed by atoms with E-state index in [1.807, 2.05) is 6.07 Å². The number of nitrogens with two attached hydrogens (primary N) is 1. The topological polar surface area (TPSA) is 60.2 Å². The molecule has 0 aliphatic heterocycles. The summed E-state index contributed by atoms with van der Waals surface area (Å²) in [6.45, 7) is 0. The van der Waals surface area contributed by atoms with Crippen molar-refractivity contribution in [1.82, 2.24) is 0 Å². The van der Waals surface area contributed by atoms with Crippen LogP contribution in [0.15, 0.2) is 41.3 Å². The predicted octanol–water partition coefficient (Wildman–Crippen LogP) is 2.14. The first-order chi connectivity index (χ1) is 7.00. The Morgan fingerprint density at radius 2 is 1.73 bits per heavy atom. The minimum Gasteiger partial charge on any atom is -0.225 e. The van der Waals surface area contributed by atoms with Gasteiger partial charge in [-0.05, 0) is 11.5 Å². The molecule has 0 amide bonds. The van der Waals surface area contributed by atoms with E-state index in [2.05, 4.69) is 0 Å². The lowest BCUT2D eigenvalue weighted by Gasteiger charge is -2.06. The molecular weight excluding hydrogens is 234 g/mol. The van der Waals surface area contributed by atoms with Crippen molar-refractivity contribution >= 4 is 32.4 Å². The zero-order valence-electron chi connectivity index (χ0n) is 7.64. The van der Waals surface area contributed by atoms with Crippen LogP contribution in [0.4, 0.5) is 0 Å². The highest BCUT2D eigenvalue weighted by atomic mass is 35.5. The number of benzene rings is 2. The van der Waals surface area contributed by atoms with Crippen LogP contribution in [-0.2, 0) is 10.0 Å². The molecule has 15 heavy (non-hydrogen) atoms. The molecule has 0 fully saturated rings. The highest BCUT2D eigenvalue weighted by molar-refractivity contribution is 7.89. The fourth-order valence-corrected chi connectivity index (χ4v) is 2.83. The Hall–Kier alpha value is -1.10. The maximum absolute atomic E-state index is 11.4. The van der Waals surface area contributed by atoms with E-state index in [1.165, 1.54) is 6.07 Å². The molecule has 2 N–H and O–H groups in total. The van der Waals surface area contributed by atoms with E-state index >= 15 is 0 Å². The van der Waals surface area contributed by atoms with Gasteiger partial charge in [-0.3, -0.25) is 0 Å². The van der Waals surface area contributed by atoms with E-state index in [0.29, 0.717) is 5.39 Å². The average Bonchev–Trinajstić information content (AvgIpc) is 2.15. The number of halogens is 1. The Labute approximate surface area is 92.5 Å². The van der Waals surface area contributed by atoms with Crippen LogP contribution in [0.2, 0.25) is 5.02 Å². The van der Waals surface area contributed by atoms with Crippen molar-refractivity contribution in [2.45, 2.75) is 4.90 Å². The summed E-state index contributed by atoms with van der Waals surface area (Å²) in [5.41, 5.74) is 0. The molecule has 0 heterocycles. The second-order valence-electron chi connectivity index (χ2n) is 3.14. The third-order valence-electron chi connectivity index (χ3n) is 2.12. The van der Waals surface area contributed by atoms with E-state index < -0.39 is 10.0 Å². The van der Waals surface area contributed by atoms with Gasteiger partial charge in [0.15, 0.2) is 0 Å². The van der Waals surface area contributed by atoms with E-state index in [0.717, 1.165) is 5.39 Å². The van der Waals surface area contributed by atoms with Crippen LogP contribution in [-0.4, -0.2) is 8.42 Å². The van der Waals surface area contributed by atoms with Gasteiger partial charge in [-0.1, -0.05) is 41.9 Å². The highest BCUT2D eigenvalue weighted by Crippen LogP contribution is 2.28. The van der Waals surface area contributed by atoms with Crippen LogP contribution in [0.3, 0.4) is 0 Å². The summed E-state index contributed by atoms with van der Waals surface area (Å²) in [6.07, 6.45) is 0. The average molecular weight is 242 g/mol. The number of rotatable bonds is 1. The summed E-state index contributed by atoms with van der Waals surface area (Å²) in [7, 11) is -3.79. The Kier molecular flexibility index (Phi) is 2.42. The number of sulfonamides is 1. The summed E-state index contributed by atoms with van der Waals surface area (Å²) in [6, 6.07) is 10.3. The smallest absolute Gasteiger partial charge is 0.225 e. The lowest BCUT2D eigenvalue weighted by atomic mass is 10.1. The van der Waals surface area contributed by atoms with E-state index in [4.69, 9.17) is 16.7 Å². The lowest BCUT2D eigenvalue weighted by molar-refractivity contribution is 0.598. The third kappa shape index (κ3) is 1.84. The normalized spacial score (nSPS) is 11.9. The van der Waals surface area contributed by atoms with Gasteiger partial charge in [-0.15, -0.1) is 0 Å². The van der Waals surface area contributed by atoms with Gasteiger partial charge in [0.1, 0.15) is 4.90 Å². The molecule has 0 spiro atoms. The molecule has 0 saturated heterocycles.